The number of nitrogens with zero attached hydrogens (tertiary/aromatic N) is 3. The van der Waals surface area contributed by atoms with Crippen LogP contribution in [-0.4, -0.2) is 27.8 Å². The topological polar surface area (TPSA) is 58.1 Å². The number of carbonyl (C=O) groups is 1. The van der Waals surface area contributed by atoms with Crippen LogP contribution < -0.4 is 5.32 Å². The van der Waals surface area contributed by atoms with E-state index in [2.05, 4.69) is 34.3 Å². The Bertz CT molecular complexity index is 863. The first-order valence-electron chi connectivity index (χ1n) is 8.53. The van der Waals surface area contributed by atoms with E-state index in [1.54, 1.807) is 24.3 Å². The van der Waals surface area contributed by atoms with Crippen LogP contribution in [0.15, 0.2) is 67.0 Å². The first kappa shape index (κ1) is 17.6. The van der Waals surface area contributed by atoms with Crippen LogP contribution in [0, 0.1) is 6.92 Å². The van der Waals surface area contributed by atoms with E-state index in [1.165, 1.54) is 11.1 Å². The molecule has 0 spiro atoms. The van der Waals surface area contributed by atoms with Gasteiger partial charge in [0, 0.05) is 32.5 Å². The van der Waals surface area contributed by atoms with Crippen LogP contribution in [0.3, 0.4) is 0 Å². The van der Waals surface area contributed by atoms with Gasteiger partial charge in [0.15, 0.2) is 0 Å². The smallest absolute Gasteiger partial charge is 0.257 e. The molecule has 1 aromatic heterocycles. The van der Waals surface area contributed by atoms with Crippen molar-refractivity contribution in [3.8, 4) is 0 Å². The fraction of sp³-hybridized carbons (Fsp3) is 0.190. The molecule has 1 N–H and O–H groups in total. The van der Waals surface area contributed by atoms with Crippen LogP contribution in [0.2, 0.25) is 0 Å². The SMILES string of the molecule is Cc1ccccc1CNc1ncc(C(=O)N(C)Cc2ccccc2)cn1. The van der Waals surface area contributed by atoms with Crippen molar-refractivity contribution in [3.05, 3.63) is 89.2 Å². The number of carbonyl (C=O) groups excluding carboxylic acids is 1. The lowest BCUT2D eigenvalue weighted by molar-refractivity contribution is 0.0784. The monoisotopic (exact) mass is 346 g/mol. The molecule has 0 saturated carbocycles. The zero-order valence-electron chi connectivity index (χ0n) is 15.0. The van der Waals surface area contributed by atoms with E-state index in [1.807, 2.05) is 42.5 Å². The summed E-state index contributed by atoms with van der Waals surface area (Å²) in [6.07, 6.45) is 3.13. The minimum Gasteiger partial charge on any atom is -0.350 e. The predicted molar refractivity (Wildman–Crippen MR) is 103 cm³/mol. The van der Waals surface area contributed by atoms with Gasteiger partial charge in [0.1, 0.15) is 0 Å². The summed E-state index contributed by atoms with van der Waals surface area (Å²) in [5.41, 5.74) is 3.97. The largest absolute Gasteiger partial charge is 0.350 e. The first-order chi connectivity index (χ1) is 12.6. The average Bonchev–Trinajstić information content (AvgIpc) is 2.68. The van der Waals surface area contributed by atoms with E-state index in [0.29, 0.717) is 24.6 Å². The lowest BCUT2D eigenvalue weighted by atomic mass is 10.1. The minimum atomic E-state index is -0.0979. The number of amides is 1. The standard InChI is InChI=1S/C21H22N4O/c1-16-8-6-7-11-18(16)12-22-21-23-13-19(14-24-21)20(26)25(2)15-17-9-4-3-5-10-17/h3-11,13-14H,12,15H2,1-2H3,(H,22,23,24). The number of rotatable bonds is 6. The highest BCUT2D eigenvalue weighted by Gasteiger charge is 2.13. The number of aryl methyl sites for hydroxylation is 1. The number of benzene rings is 2. The van der Waals surface area contributed by atoms with Crippen molar-refractivity contribution < 1.29 is 4.79 Å². The fourth-order valence-corrected chi connectivity index (χ4v) is 2.66. The molecule has 2 aromatic carbocycles. The van der Waals surface area contributed by atoms with Crippen molar-refractivity contribution in [1.82, 2.24) is 14.9 Å². The van der Waals surface area contributed by atoms with Gasteiger partial charge >= 0.3 is 0 Å². The molecule has 26 heavy (non-hydrogen) atoms. The van der Waals surface area contributed by atoms with Gasteiger partial charge in [0.25, 0.3) is 5.91 Å². The van der Waals surface area contributed by atoms with Gasteiger partial charge in [0.2, 0.25) is 5.95 Å². The maximum Gasteiger partial charge on any atom is 0.257 e. The Hall–Kier alpha value is -3.21. The summed E-state index contributed by atoms with van der Waals surface area (Å²) in [4.78, 5) is 22.7. The molecule has 1 amide bonds. The Morgan fingerprint density at radius 1 is 1.00 bits per heavy atom. The molecule has 0 aliphatic heterocycles. The van der Waals surface area contributed by atoms with Crippen molar-refractivity contribution in [1.29, 1.82) is 0 Å². The Morgan fingerprint density at radius 3 is 2.35 bits per heavy atom. The Kier molecular flexibility index (Phi) is 5.59. The molecule has 3 aromatic rings. The van der Waals surface area contributed by atoms with Gasteiger partial charge < -0.3 is 10.2 Å². The van der Waals surface area contributed by atoms with Crippen LogP contribution in [-0.2, 0) is 13.1 Å². The molecule has 0 saturated heterocycles. The molecule has 5 heteroatoms. The third-order valence-electron chi connectivity index (χ3n) is 4.21. The van der Waals surface area contributed by atoms with E-state index in [0.717, 1.165) is 5.56 Å². The maximum absolute atomic E-state index is 12.5. The number of aromatic nitrogens is 2. The summed E-state index contributed by atoms with van der Waals surface area (Å²) in [7, 11) is 1.78. The van der Waals surface area contributed by atoms with Crippen molar-refractivity contribution in [2.24, 2.45) is 0 Å². The minimum absolute atomic E-state index is 0.0979. The molecule has 3 rings (SSSR count). The number of hydrogen-bond acceptors (Lipinski definition) is 4. The average molecular weight is 346 g/mol. The van der Waals surface area contributed by atoms with Gasteiger partial charge in [-0.05, 0) is 23.6 Å². The molecule has 0 bridgehead atoms. The van der Waals surface area contributed by atoms with E-state index in [4.69, 9.17) is 0 Å². The van der Waals surface area contributed by atoms with Crippen molar-refractivity contribution in [2.75, 3.05) is 12.4 Å². The summed E-state index contributed by atoms with van der Waals surface area (Å²) in [5, 5.41) is 3.19. The molecule has 0 aliphatic rings. The molecular weight excluding hydrogens is 324 g/mol. The highest BCUT2D eigenvalue weighted by molar-refractivity contribution is 5.93. The molecule has 1 heterocycles. The van der Waals surface area contributed by atoms with Crippen LogP contribution in [0.5, 0.6) is 0 Å². The normalized spacial score (nSPS) is 10.4. The van der Waals surface area contributed by atoms with Crippen molar-refractivity contribution in [2.45, 2.75) is 20.0 Å². The highest BCUT2D eigenvalue weighted by Crippen LogP contribution is 2.11. The van der Waals surface area contributed by atoms with E-state index in [9.17, 15) is 4.79 Å². The van der Waals surface area contributed by atoms with Crippen LogP contribution in [0.4, 0.5) is 5.95 Å². The van der Waals surface area contributed by atoms with Crippen LogP contribution in [0.1, 0.15) is 27.0 Å². The Morgan fingerprint density at radius 2 is 1.65 bits per heavy atom. The predicted octanol–water partition coefficient (Wildman–Crippen LogP) is 3.67. The lowest BCUT2D eigenvalue weighted by Gasteiger charge is -2.17. The summed E-state index contributed by atoms with van der Waals surface area (Å²) < 4.78 is 0. The molecule has 0 radical (unpaired) electrons. The van der Waals surface area contributed by atoms with Crippen LogP contribution >= 0.6 is 0 Å². The summed E-state index contributed by atoms with van der Waals surface area (Å²) >= 11 is 0. The van der Waals surface area contributed by atoms with Crippen molar-refractivity contribution in [3.63, 3.8) is 0 Å². The van der Waals surface area contributed by atoms with Gasteiger partial charge in [-0.3, -0.25) is 4.79 Å². The van der Waals surface area contributed by atoms with E-state index < -0.39 is 0 Å². The summed E-state index contributed by atoms with van der Waals surface area (Å²) in [6, 6.07) is 18.1. The Balaban J connectivity index is 1.60. The molecule has 5 nitrogen and oxygen atoms in total. The molecular formula is C21H22N4O. The highest BCUT2D eigenvalue weighted by atomic mass is 16.2. The lowest BCUT2D eigenvalue weighted by Crippen LogP contribution is -2.26. The summed E-state index contributed by atoms with van der Waals surface area (Å²) in [5.74, 6) is 0.412. The fourth-order valence-electron chi connectivity index (χ4n) is 2.66. The molecule has 0 atom stereocenters. The Labute approximate surface area is 153 Å². The third-order valence-corrected chi connectivity index (χ3v) is 4.21. The van der Waals surface area contributed by atoms with Gasteiger partial charge in [-0.2, -0.15) is 0 Å². The van der Waals surface area contributed by atoms with Gasteiger partial charge in [-0.25, -0.2) is 9.97 Å². The quantitative estimate of drug-likeness (QED) is 0.740. The first-order valence-corrected chi connectivity index (χ1v) is 8.53. The summed E-state index contributed by atoms with van der Waals surface area (Å²) in [6.45, 7) is 3.27. The van der Waals surface area contributed by atoms with Crippen molar-refractivity contribution >= 4 is 11.9 Å². The molecule has 0 unspecified atom stereocenters. The van der Waals surface area contributed by atoms with Gasteiger partial charge in [0.05, 0.1) is 5.56 Å². The van der Waals surface area contributed by atoms with E-state index >= 15 is 0 Å². The zero-order chi connectivity index (χ0) is 18.4. The second kappa shape index (κ2) is 8.25. The second-order valence-electron chi connectivity index (χ2n) is 6.22. The second-order valence-corrected chi connectivity index (χ2v) is 6.22. The molecule has 132 valence electrons. The molecule has 0 fully saturated rings. The molecule has 0 aliphatic carbocycles. The van der Waals surface area contributed by atoms with Crippen LogP contribution in [0.25, 0.3) is 0 Å². The zero-order valence-corrected chi connectivity index (χ0v) is 15.0. The van der Waals surface area contributed by atoms with E-state index in [-0.39, 0.29) is 5.91 Å². The number of anilines is 1. The maximum atomic E-state index is 12.5. The third kappa shape index (κ3) is 4.45. The van der Waals surface area contributed by atoms with Gasteiger partial charge in [-0.15, -0.1) is 0 Å². The van der Waals surface area contributed by atoms with Gasteiger partial charge in [-0.1, -0.05) is 54.6 Å². The number of nitrogens with one attached hydrogen (secondary N) is 1. The number of hydrogen-bond donors (Lipinski definition) is 1.